The average Bonchev–Trinajstić information content (AvgIpc) is 2.66. The summed E-state index contributed by atoms with van der Waals surface area (Å²) in [5.41, 5.74) is 0.443. The number of aromatic amines is 1. The molecule has 140 valence electrons. The zero-order chi connectivity index (χ0) is 19.2. The van der Waals surface area contributed by atoms with E-state index in [0.717, 1.165) is 0 Å². The quantitative estimate of drug-likeness (QED) is 0.678. The number of likely N-dealkylation sites (N-methyl/N-ethyl adjacent to an activating group) is 1. The van der Waals surface area contributed by atoms with Crippen LogP contribution in [0.15, 0.2) is 53.3 Å². The van der Waals surface area contributed by atoms with Crippen LogP contribution in [0.3, 0.4) is 0 Å². The second-order valence-electron chi connectivity index (χ2n) is 6.15. The summed E-state index contributed by atoms with van der Waals surface area (Å²) in [5, 5.41) is 1.15. The SMILES string of the molecule is CN(CCOc1cccc(Cl)c1)C(=O)CCc1nc2ccccc2c(=O)[nH]1. The molecule has 0 saturated heterocycles. The van der Waals surface area contributed by atoms with E-state index in [4.69, 9.17) is 16.3 Å². The predicted molar refractivity (Wildman–Crippen MR) is 105 cm³/mol. The lowest BCUT2D eigenvalue weighted by atomic mass is 10.2. The molecule has 0 radical (unpaired) electrons. The molecular formula is C20H20ClN3O3. The zero-order valence-corrected chi connectivity index (χ0v) is 15.7. The maximum atomic E-state index is 12.3. The number of halogens is 1. The van der Waals surface area contributed by atoms with Crippen molar-refractivity contribution in [1.29, 1.82) is 0 Å². The molecule has 0 aliphatic carbocycles. The summed E-state index contributed by atoms with van der Waals surface area (Å²) >= 11 is 5.91. The normalized spacial score (nSPS) is 10.7. The second kappa shape index (κ2) is 8.68. The van der Waals surface area contributed by atoms with Crippen LogP contribution < -0.4 is 10.3 Å². The fraction of sp³-hybridized carbons (Fsp3) is 0.250. The largest absolute Gasteiger partial charge is 0.492 e. The molecule has 0 fully saturated rings. The van der Waals surface area contributed by atoms with Crippen LogP contribution in [-0.2, 0) is 11.2 Å². The topological polar surface area (TPSA) is 75.3 Å². The molecule has 0 unspecified atom stereocenters. The van der Waals surface area contributed by atoms with Gasteiger partial charge in [-0.1, -0.05) is 29.8 Å². The van der Waals surface area contributed by atoms with Crippen LogP contribution in [0.5, 0.6) is 5.75 Å². The molecule has 0 bridgehead atoms. The lowest BCUT2D eigenvalue weighted by molar-refractivity contribution is -0.130. The molecule has 2 aromatic carbocycles. The third-order valence-corrected chi connectivity index (χ3v) is 4.39. The summed E-state index contributed by atoms with van der Waals surface area (Å²) in [5.74, 6) is 1.14. The van der Waals surface area contributed by atoms with Crippen LogP contribution in [0.25, 0.3) is 10.9 Å². The predicted octanol–water partition coefficient (Wildman–Crippen LogP) is 3.05. The van der Waals surface area contributed by atoms with Crippen LogP contribution in [0.2, 0.25) is 5.02 Å². The first kappa shape index (κ1) is 18.9. The number of hydrogen-bond donors (Lipinski definition) is 1. The number of rotatable bonds is 7. The molecule has 0 aliphatic heterocycles. The monoisotopic (exact) mass is 385 g/mol. The van der Waals surface area contributed by atoms with E-state index in [1.807, 2.05) is 18.2 Å². The molecule has 3 rings (SSSR count). The molecule has 1 amide bonds. The Bertz CT molecular complexity index is 1000. The van der Waals surface area contributed by atoms with Gasteiger partial charge >= 0.3 is 0 Å². The van der Waals surface area contributed by atoms with Gasteiger partial charge in [-0.3, -0.25) is 9.59 Å². The number of benzene rings is 2. The van der Waals surface area contributed by atoms with Crippen molar-refractivity contribution in [1.82, 2.24) is 14.9 Å². The molecule has 1 N–H and O–H groups in total. The Morgan fingerprint density at radius 1 is 1.22 bits per heavy atom. The molecule has 0 saturated carbocycles. The lowest BCUT2D eigenvalue weighted by Gasteiger charge is -2.17. The first-order valence-corrected chi connectivity index (χ1v) is 9.01. The third-order valence-electron chi connectivity index (χ3n) is 4.15. The van der Waals surface area contributed by atoms with Gasteiger partial charge in [0.05, 0.1) is 17.4 Å². The van der Waals surface area contributed by atoms with E-state index in [1.54, 1.807) is 42.3 Å². The Labute approximate surface area is 161 Å². The van der Waals surface area contributed by atoms with E-state index < -0.39 is 0 Å². The lowest BCUT2D eigenvalue weighted by Crippen LogP contribution is -2.31. The van der Waals surface area contributed by atoms with Gasteiger partial charge in [0.2, 0.25) is 5.91 Å². The summed E-state index contributed by atoms with van der Waals surface area (Å²) < 4.78 is 5.60. The second-order valence-corrected chi connectivity index (χ2v) is 6.59. The zero-order valence-electron chi connectivity index (χ0n) is 14.9. The van der Waals surface area contributed by atoms with Gasteiger partial charge < -0.3 is 14.6 Å². The van der Waals surface area contributed by atoms with Crippen LogP contribution in [0, 0.1) is 0 Å². The first-order valence-electron chi connectivity index (χ1n) is 8.63. The van der Waals surface area contributed by atoms with Crippen LogP contribution in [-0.4, -0.2) is 41.0 Å². The summed E-state index contributed by atoms with van der Waals surface area (Å²) in [6, 6.07) is 14.3. The number of carbonyl (C=O) groups excluding carboxylic acids is 1. The molecule has 0 spiro atoms. The molecule has 27 heavy (non-hydrogen) atoms. The van der Waals surface area contributed by atoms with Gasteiger partial charge in [0.15, 0.2) is 0 Å². The number of carbonyl (C=O) groups is 1. The van der Waals surface area contributed by atoms with Gasteiger partial charge in [-0.25, -0.2) is 4.98 Å². The van der Waals surface area contributed by atoms with E-state index in [2.05, 4.69) is 9.97 Å². The maximum Gasteiger partial charge on any atom is 0.258 e. The number of para-hydroxylation sites is 1. The van der Waals surface area contributed by atoms with Gasteiger partial charge in [-0.05, 0) is 30.3 Å². The van der Waals surface area contributed by atoms with Crippen LogP contribution in [0.1, 0.15) is 12.2 Å². The van der Waals surface area contributed by atoms with Crippen LogP contribution in [0.4, 0.5) is 0 Å². The number of nitrogens with zero attached hydrogens (tertiary/aromatic N) is 2. The molecule has 6 nitrogen and oxygen atoms in total. The number of nitrogens with one attached hydrogen (secondary N) is 1. The highest BCUT2D eigenvalue weighted by Gasteiger charge is 2.11. The number of H-pyrrole nitrogens is 1. The van der Waals surface area contributed by atoms with E-state index in [1.165, 1.54) is 0 Å². The minimum absolute atomic E-state index is 0.0412. The number of fused-ring (bicyclic) bond motifs is 1. The molecule has 3 aromatic rings. The van der Waals surface area contributed by atoms with Crippen molar-refractivity contribution in [3.05, 3.63) is 69.7 Å². The molecule has 1 aromatic heterocycles. The Morgan fingerprint density at radius 3 is 2.85 bits per heavy atom. The highest BCUT2D eigenvalue weighted by Crippen LogP contribution is 2.17. The van der Waals surface area contributed by atoms with Crippen molar-refractivity contribution in [2.24, 2.45) is 0 Å². The van der Waals surface area contributed by atoms with Crippen molar-refractivity contribution in [2.45, 2.75) is 12.8 Å². The fourth-order valence-electron chi connectivity index (χ4n) is 2.65. The molecular weight excluding hydrogens is 366 g/mol. The number of aryl methyl sites for hydroxylation is 1. The smallest absolute Gasteiger partial charge is 0.258 e. The summed E-state index contributed by atoms with van der Waals surface area (Å²) in [6.07, 6.45) is 0.632. The Morgan fingerprint density at radius 2 is 2.04 bits per heavy atom. The Kier molecular flexibility index (Phi) is 6.08. The fourth-order valence-corrected chi connectivity index (χ4v) is 2.83. The number of amides is 1. The number of aromatic nitrogens is 2. The minimum atomic E-state index is -0.189. The molecule has 7 heteroatoms. The van der Waals surface area contributed by atoms with Crippen molar-refractivity contribution >= 4 is 28.4 Å². The van der Waals surface area contributed by atoms with Crippen molar-refractivity contribution in [3.8, 4) is 5.75 Å². The van der Waals surface area contributed by atoms with Crippen LogP contribution >= 0.6 is 11.6 Å². The van der Waals surface area contributed by atoms with Gasteiger partial charge in [0, 0.05) is 24.9 Å². The molecule has 0 atom stereocenters. The van der Waals surface area contributed by atoms with Crippen molar-refractivity contribution < 1.29 is 9.53 Å². The molecule has 1 heterocycles. The minimum Gasteiger partial charge on any atom is -0.492 e. The van der Waals surface area contributed by atoms with E-state index in [-0.39, 0.29) is 17.9 Å². The van der Waals surface area contributed by atoms with E-state index in [9.17, 15) is 9.59 Å². The van der Waals surface area contributed by atoms with Crippen molar-refractivity contribution in [3.63, 3.8) is 0 Å². The van der Waals surface area contributed by atoms with Gasteiger partial charge in [-0.2, -0.15) is 0 Å². The highest BCUT2D eigenvalue weighted by atomic mass is 35.5. The summed E-state index contributed by atoms with van der Waals surface area (Å²) in [4.78, 5) is 33.1. The van der Waals surface area contributed by atoms with Gasteiger partial charge in [0.25, 0.3) is 5.56 Å². The summed E-state index contributed by atoms with van der Waals surface area (Å²) in [6.45, 7) is 0.820. The number of hydrogen-bond acceptors (Lipinski definition) is 4. The first-order chi connectivity index (χ1) is 13.0. The number of ether oxygens (including phenoxy) is 1. The van der Waals surface area contributed by atoms with E-state index in [0.29, 0.717) is 47.1 Å². The highest BCUT2D eigenvalue weighted by molar-refractivity contribution is 6.30. The third kappa shape index (κ3) is 5.08. The summed E-state index contributed by atoms with van der Waals surface area (Å²) in [7, 11) is 1.72. The Hall–Kier alpha value is -2.86. The Balaban J connectivity index is 1.50. The van der Waals surface area contributed by atoms with E-state index >= 15 is 0 Å². The maximum absolute atomic E-state index is 12.3. The van der Waals surface area contributed by atoms with Crippen molar-refractivity contribution in [2.75, 3.05) is 20.2 Å². The molecule has 0 aliphatic rings. The van der Waals surface area contributed by atoms with Gasteiger partial charge in [-0.15, -0.1) is 0 Å². The average molecular weight is 386 g/mol. The standard InChI is InChI=1S/C20H20ClN3O3/c1-24(11-12-27-15-6-4-5-14(21)13-15)19(25)10-9-18-22-17-8-3-2-7-16(17)20(26)23-18/h2-8,13H,9-12H2,1H3,(H,22,23,26). The van der Waals surface area contributed by atoms with Gasteiger partial charge in [0.1, 0.15) is 18.2 Å².